The largest absolute Gasteiger partial charge is 0.489 e. The van der Waals surface area contributed by atoms with E-state index in [1.807, 2.05) is 13.0 Å². The van der Waals surface area contributed by atoms with E-state index in [1.165, 1.54) is 29.7 Å². The fraction of sp³-hybridized carbons (Fsp3) is 0.130. The van der Waals surface area contributed by atoms with Crippen LogP contribution in [-0.4, -0.2) is 16.1 Å². The maximum absolute atomic E-state index is 13.8. The van der Waals surface area contributed by atoms with Gasteiger partial charge in [0.2, 0.25) is 0 Å². The lowest BCUT2D eigenvalue weighted by atomic mass is 10.1. The van der Waals surface area contributed by atoms with Gasteiger partial charge in [0.15, 0.2) is 0 Å². The molecule has 0 fully saturated rings. The number of thiophene rings is 1. The van der Waals surface area contributed by atoms with Crippen LogP contribution in [0.1, 0.15) is 27.0 Å². The van der Waals surface area contributed by atoms with Crippen molar-refractivity contribution in [3.63, 3.8) is 0 Å². The zero-order valence-electron chi connectivity index (χ0n) is 16.9. The van der Waals surface area contributed by atoms with Crippen LogP contribution in [0.5, 0.6) is 11.5 Å². The number of carbonyl (C=O) groups is 1. The van der Waals surface area contributed by atoms with E-state index in [0.717, 1.165) is 17.2 Å². The zero-order chi connectivity index (χ0) is 22.8. The molecule has 32 heavy (non-hydrogen) atoms. The third kappa shape index (κ3) is 4.47. The minimum Gasteiger partial charge on any atom is -0.489 e. The molecule has 0 aliphatic carbocycles. The summed E-state index contributed by atoms with van der Waals surface area (Å²) < 4.78 is 39.0. The average Bonchev–Trinajstić information content (AvgIpc) is 3.16. The predicted octanol–water partition coefficient (Wildman–Crippen LogP) is 5.32. The average molecular weight is 456 g/mol. The van der Waals surface area contributed by atoms with Gasteiger partial charge in [0.25, 0.3) is 0 Å². The molecule has 2 aromatic heterocycles. The molecule has 0 atom stereocenters. The van der Waals surface area contributed by atoms with Crippen LogP contribution < -0.4 is 15.2 Å². The third-order valence-electron chi connectivity index (χ3n) is 4.76. The second-order valence-corrected chi connectivity index (χ2v) is 8.00. The predicted molar refractivity (Wildman–Crippen MR) is 117 cm³/mol. The standard InChI is InChI=1S/C23H18F2N2O4S/c1-12-4-16(30-9-13-2-3-15(24)6-19(13)25)7-17(5-12)31-10-14-11-32-21-18(23(28)29)8-27-22(26)20(14)21/h2-8,11H,9-10H2,1H3,(H2,26,27)(H,28,29). The summed E-state index contributed by atoms with van der Waals surface area (Å²) in [6, 6.07) is 8.56. The van der Waals surface area contributed by atoms with Gasteiger partial charge in [0.05, 0.1) is 10.3 Å². The van der Waals surface area contributed by atoms with Gasteiger partial charge in [-0.2, -0.15) is 0 Å². The van der Waals surface area contributed by atoms with E-state index in [9.17, 15) is 18.7 Å². The molecule has 0 spiro atoms. The number of nitrogens with zero attached hydrogens (tertiary/aromatic N) is 1. The van der Waals surface area contributed by atoms with Gasteiger partial charge in [0.1, 0.15) is 42.2 Å². The second-order valence-electron chi connectivity index (χ2n) is 7.12. The van der Waals surface area contributed by atoms with Crippen LogP contribution in [0.15, 0.2) is 48.0 Å². The van der Waals surface area contributed by atoms with E-state index in [0.29, 0.717) is 21.6 Å². The van der Waals surface area contributed by atoms with Crippen molar-refractivity contribution in [2.75, 3.05) is 5.73 Å². The van der Waals surface area contributed by atoms with Crippen molar-refractivity contribution in [1.82, 2.24) is 4.98 Å². The lowest BCUT2D eigenvalue weighted by Gasteiger charge is -2.12. The topological polar surface area (TPSA) is 94.7 Å². The summed E-state index contributed by atoms with van der Waals surface area (Å²) in [5, 5.41) is 11.7. The number of ether oxygens (including phenoxy) is 2. The number of aromatic carboxylic acids is 1. The first-order valence-corrected chi connectivity index (χ1v) is 10.4. The van der Waals surface area contributed by atoms with Crippen LogP contribution in [0.25, 0.3) is 10.1 Å². The highest BCUT2D eigenvalue weighted by Crippen LogP contribution is 2.33. The van der Waals surface area contributed by atoms with E-state index in [-0.39, 0.29) is 30.2 Å². The Morgan fingerprint density at radius 2 is 1.78 bits per heavy atom. The molecule has 6 nitrogen and oxygen atoms in total. The van der Waals surface area contributed by atoms with Crippen molar-refractivity contribution in [2.45, 2.75) is 20.1 Å². The quantitative estimate of drug-likeness (QED) is 0.391. The van der Waals surface area contributed by atoms with Crippen molar-refractivity contribution in [2.24, 2.45) is 0 Å². The molecule has 3 N–H and O–H groups in total. The summed E-state index contributed by atoms with van der Waals surface area (Å²) >= 11 is 1.26. The number of nitrogens with two attached hydrogens (primary N) is 1. The molecule has 0 aliphatic rings. The molecule has 0 bridgehead atoms. The lowest BCUT2D eigenvalue weighted by Crippen LogP contribution is -2.02. The Hall–Kier alpha value is -3.72. The molecule has 9 heteroatoms. The number of carboxylic acid groups (broad SMARTS) is 1. The maximum Gasteiger partial charge on any atom is 0.338 e. The summed E-state index contributed by atoms with van der Waals surface area (Å²) in [5.41, 5.74) is 7.88. The first-order valence-electron chi connectivity index (χ1n) is 9.51. The van der Waals surface area contributed by atoms with E-state index in [1.54, 1.807) is 17.5 Å². The summed E-state index contributed by atoms with van der Waals surface area (Å²) in [5.74, 6) is -1.18. The molecule has 0 unspecified atom stereocenters. The van der Waals surface area contributed by atoms with Crippen molar-refractivity contribution >= 4 is 33.2 Å². The Bertz CT molecular complexity index is 1320. The SMILES string of the molecule is Cc1cc(OCc2ccc(F)cc2F)cc(OCc2csc3c(C(=O)O)cnc(N)c23)c1. The zero-order valence-corrected chi connectivity index (χ0v) is 17.7. The molecular weight excluding hydrogens is 438 g/mol. The minimum atomic E-state index is -1.07. The molecular formula is C23H18F2N2O4S. The molecule has 2 aromatic carbocycles. The highest BCUT2D eigenvalue weighted by Gasteiger charge is 2.17. The van der Waals surface area contributed by atoms with Crippen molar-refractivity contribution in [1.29, 1.82) is 0 Å². The van der Waals surface area contributed by atoms with Gasteiger partial charge < -0.3 is 20.3 Å². The van der Waals surface area contributed by atoms with Gasteiger partial charge in [-0.15, -0.1) is 11.3 Å². The molecule has 4 aromatic rings. The number of aromatic nitrogens is 1. The summed E-state index contributed by atoms with van der Waals surface area (Å²) in [7, 11) is 0. The summed E-state index contributed by atoms with van der Waals surface area (Å²) in [4.78, 5) is 15.4. The van der Waals surface area contributed by atoms with Crippen LogP contribution in [0.3, 0.4) is 0 Å². The Morgan fingerprint density at radius 1 is 1.09 bits per heavy atom. The molecule has 0 saturated heterocycles. The fourth-order valence-electron chi connectivity index (χ4n) is 3.23. The Labute approximate surface area is 185 Å². The highest BCUT2D eigenvalue weighted by molar-refractivity contribution is 7.17. The van der Waals surface area contributed by atoms with Crippen LogP contribution in [0, 0.1) is 18.6 Å². The normalized spacial score (nSPS) is 11.0. The highest BCUT2D eigenvalue weighted by atomic mass is 32.1. The van der Waals surface area contributed by atoms with E-state index < -0.39 is 17.6 Å². The Balaban J connectivity index is 1.51. The molecule has 0 amide bonds. The number of hydrogen-bond acceptors (Lipinski definition) is 6. The van der Waals surface area contributed by atoms with Gasteiger partial charge in [-0.3, -0.25) is 0 Å². The van der Waals surface area contributed by atoms with E-state index in [4.69, 9.17) is 15.2 Å². The molecule has 0 saturated carbocycles. The molecule has 2 heterocycles. The number of hydrogen-bond donors (Lipinski definition) is 2. The van der Waals surface area contributed by atoms with Crippen LogP contribution in [0.4, 0.5) is 14.6 Å². The number of nitrogen functional groups attached to an aromatic ring is 1. The van der Waals surface area contributed by atoms with Gasteiger partial charge in [-0.05, 0) is 42.1 Å². The van der Waals surface area contributed by atoms with Crippen molar-refractivity contribution < 1.29 is 28.2 Å². The monoisotopic (exact) mass is 456 g/mol. The van der Waals surface area contributed by atoms with Gasteiger partial charge in [0, 0.05) is 34.8 Å². The number of halogens is 2. The molecule has 164 valence electrons. The summed E-state index contributed by atoms with van der Waals surface area (Å²) in [6.45, 7) is 1.94. The number of carboxylic acids is 1. The van der Waals surface area contributed by atoms with Crippen LogP contribution in [-0.2, 0) is 13.2 Å². The van der Waals surface area contributed by atoms with E-state index >= 15 is 0 Å². The second kappa shape index (κ2) is 8.80. The fourth-order valence-corrected chi connectivity index (χ4v) is 4.30. The number of benzene rings is 2. The van der Waals surface area contributed by atoms with Crippen molar-refractivity contribution in [3.8, 4) is 11.5 Å². The molecule has 0 radical (unpaired) electrons. The smallest absolute Gasteiger partial charge is 0.338 e. The van der Waals surface area contributed by atoms with Crippen molar-refractivity contribution in [3.05, 3.63) is 81.9 Å². The first kappa shape index (κ1) is 21.5. The minimum absolute atomic E-state index is 0.0651. The maximum atomic E-state index is 13.8. The van der Waals surface area contributed by atoms with Crippen LogP contribution in [0.2, 0.25) is 0 Å². The third-order valence-corrected chi connectivity index (χ3v) is 5.82. The number of rotatable bonds is 7. The number of pyridine rings is 1. The van der Waals surface area contributed by atoms with E-state index in [2.05, 4.69) is 4.98 Å². The molecule has 0 aliphatic heterocycles. The number of fused-ring (bicyclic) bond motifs is 1. The van der Waals surface area contributed by atoms with Gasteiger partial charge >= 0.3 is 5.97 Å². The van der Waals surface area contributed by atoms with Gasteiger partial charge in [-0.25, -0.2) is 18.6 Å². The lowest BCUT2D eigenvalue weighted by molar-refractivity contribution is 0.0699. The molecule has 4 rings (SSSR count). The number of aryl methyl sites for hydroxylation is 1. The Kier molecular flexibility index (Phi) is 5.91. The first-order chi connectivity index (χ1) is 15.3. The number of anilines is 1. The van der Waals surface area contributed by atoms with Gasteiger partial charge in [-0.1, -0.05) is 0 Å². The van der Waals surface area contributed by atoms with Crippen LogP contribution >= 0.6 is 11.3 Å². The summed E-state index contributed by atoms with van der Waals surface area (Å²) in [6.07, 6.45) is 1.25. The Morgan fingerprint density at radius 3 is 2.44 bits per heavy atom.